The summed E-state index contributed by atoms with van der Waals surface area (Å²) in [7, 11) is 0. The molecule has 0 atom stereocenters. The zero-order valence-electron chi connectivity index (χ0n) is 12.4. The van der Waals surface area contributed by atoms with Gasteiger partial charge in [0.25, 0.3) is 0 Å². The summed E-state index contributed by atoms with van der Waals surface area (Å²) in [4.78, 5) is 8.83. The van der Waals surface area contributed by atoms with Crippen LogP contribution in [-0.2, 0) is 0 Å². The largest absolute Gasteiger partial charge is 0.478 e. The van der Waals surface area contributed by atoms with E-state index in [2.05, 4.69) is 22.3 Å². The molecule has 1 heterocycles. The topological polar surface area (TPSA) is 73.1 Å². The third-order valence-electron chi connectivity index (χ3n) is 3.56. The molecule has 1 aliphatic carbocycles. The molecule has 3 N–H and O–H groups in total. The second-order valence-electron chi connectivity index (χ2n) is 5.48. The van der Waals surface area contributed by atoms with Gasteiger partial charge in [0.2, 0.25) is 5.88 Å². The molecular weight excluding hydrogens is 252 g/mol. The fourth-order valence-electron chi connectivity index (χ4n) is 2.17. The second kappa shape index (κ2) is 8.04. The average Bonchev–Trinajstić information content (AvgIpc) is 3.30. The smallest absolute Gasteiger partial charge is 0.218 e. The molecule has 0 aromatic carbocycles. The number of unbranched alkanes of at least 4 members (excludes halogenated alkanes) is 5. The SMILES string of the molecule is CCCCCCCCOc1cc(NN)nc(C2CC2)n1. The van der Waals surface area contributed by atoms with Crippen molar-refractivity contribution >= 4 is 5.82 Å². The zero-order valence-corrected chi connectivity index (χ0v) is 12.4. The van der Waals surface area contributed by atoms with E-state index in [1.165, 1.54) is 44.9 Å². The van der Waals surface area contributed by atoms with Crippen molar-refractivity contribution in [3.05, 3.63) is 11.9 Å². The van der Waals surface area contributed by atoms with Gasteiger partial charge in [0, 0.05) is 12.0 Å². The van der Waals surface area contributed by atoms with Gasteiger partial charge in [-0.3, -0.25) is 0 Å². The number of ether oxygens (including phenoxy) is 1. The molecule has 5 heteroatoms. The van der Waals surface area contributed by atoms with Gasteiger partial charge in [0.1, 0.15) is 11.6 Å². The number of nitrogens with one attached hydrogen (secondary N) is 1. The minimum absolute atomic E-state index is 0.500. The number of hydrazine groups is 1. The molecule has 0 spiro atoms. The van der Waals surface area contributed by atoms with E-state index in [0.717, 1.165) is 18.9 Å². The maximum absolute atomic E-state index is 5.73. The van der Waals surface area contributed by atoms with Gasteiger partial charge in [-0.15, -0.1) is 0 Å². The van der Waals surface area contributed by atoms with E-state index in [4.69, 9.17) is 10.6 Å². The van der Waals surface area contributed by atoms with Crippen LogP contribution in [0.3, 0.4) is 0 Å². The monoisotopic (exact) mass is 278 g/mol. The van der Waals surface area contributed by atoms with Crippen molar-refractivity contribution in [1.82, 2.24) is 9.97 Å². The molecule has 1 aromatic heterocycles. The van der Waals surface area contributed by atoms with Crippen LogP contribution in [0.2, 0.25) is 0 Å². The van der Waals surface area contributed by atoms with Gasteiger partial charge in [0.15, 0.2) is 0 Å². The Bertz CT molecular complexity index is 407. The molecule has 0 bridgehead atoms. The molecular formula is C15H26N4O. The van der Waals surface area contributed by atoms with Gasteiger partial charge in [0.05, 0.1) is 6.61 Å². The lowest BCUT2D eigenvalue weighted by Crippen LogP contribution is -2.11. The highest BCUT2D eigenvalue weighted by Gasteiger charge is 2.27. The normalized spacial score (nSPS) is 14.3. The van der Waals surface area contributed by atoms with Crippen LogP contribution in [0.5, 0.6) is 5.88 Å². The van der Waals surface area contributed by atoms with Gasteiger partial charge in [-0.2, -0.15) is 4.98 Å². The summed E-state index contributed by atoms with van der Waals surface area (Å²) in [6.07, 6.45) is 9.90. The lowest BCUT2D eigenvalue weighted by atomic mass is 10.1. The van der Waals surface area contributed by atoms with Crippen LogP contribution >= 0.6 is 0 Å². The molecule has 112 valence electrons. The number of hydrogen-bond donors (Lipinski definition) is 2. The lowest BCUT2D eigenvalue weighted by molar-refractivity contribution is 0.292. The first-order valence-corrected chi connectivity index (χ1v) is 7.82. The van der Waals surface area contributed by atoms with Crippen LogP contribution in [0.25, 0.3) is 0 Å². The second-order valence-corrected chi connectivity index (χ2v) is 5.48. The summed E-state index contributed by atoms with van der Waals surface area (Å²) in [5.74, 6) is 8.08. The van der Waals surface area contributed by atoms with Gasteiger partial charge < -0.3 is 10.2 Å². The van der Waals surface area contributed by atoms with E-state index in [0.29, 0.717) is 17.6 Å². The fourth-order valence-corrected chi connectivity index (χ4v) is 2.17. The zero-order chi connectivity index (χ0) is 14.2. The number of nitrogens with zero attached hydrogens (tertiary/aromatic N) is 2. The molecule has 5 nitrogen and oxygen atoms in total. The van der Waals surface area contributed by atoms with Crippen LogP contribution in [0.15, 0.2) is 6.07 Å². The Morgan fingerprint density at radius 2 is 1.95 bits per heavy atom. The third kappa shape index (κ3) is 4.96. The van der Waals surface area contributed by atoms with Crippen LogP contribution in [0.1, 0.15) is 70.0 Å². The van der Waals surface area contributed by atoms with E-state index >= 15 is 0 Å². The number of aromatic nitrogens is 2. The van der Waals surface area contributed by atoms with Crippen LogP contribution in [0, 0.1) is 0 Å². The number of anilines is 1. The van der Waals surface area contributed by atoms with E-state index in [9.17, 15) is 0 Å². The summed E-state index contributed by atoms with van der Waals surface area (Å²) in [6.45, 7) is 2.95. The Labute approximate surface area is 121 Å². The molecule has 2 rings (SSSR count). The summed E-state index contributed by atoms with van der Waals surface area (Å²) in [6, 6.07) is 1.77. The Morgan fingerprint density at radius 3 is 2.65 bits per heavy atom. The lowest BCUT2D eigenvalue weighted by Gasteiger charge is -2.09. The van der Waals surface area contributed by atoms with E-state index in [1.54, 1.807) is 6.07 Å². The van der Waals surface area contributed by atoms with Gasteiger partial charge in [-0.1, -0.05) is 39.0 Å². The predicted octanol–water partition coefficient (Wildman–Crippen LogP) is 3.38. The van der Waals surface area contributed by atoms with Crippen LogP contribution in [0.4, 0.5) is 5.82 Å². The molecule has 1 fully saturated rings. The molecule has 1 aliphatic rings. The Hall–Kier alpha value is -1.36. The Morgan fingerprint density at radius 1 is 1.20 bits per heavy atom. The van der Waals surface area contributed by atoms with Crippen molar-refractivity contribution in [3.63, 3.8) is 0 Å². The van der Waals surface area contributed by atoms with Crippen molar-refractivity contribution in [1.29, 1.82) is 0 Å². The standard InChI is InChI=1S/C15H26N4O/c1-2-3-4-5-6-7-10-20-14-11-13(19-16)17-15(18-14)12-8-9-12/h11-12H,2-10,16H2,1H3,(H,17,18,19). The number of rotatable bonds is 10. The summed E-state index contributed by atoms with van der Waals surface area (Å²) >= 11 is 0. The maximum atomic E-state index is 5.73. The molecule has 1 aromatic rings. The first kappa shape index (κ1) is 15.0. The summed E-state index contributed by atoms with van der Waals surface area (Å²) in [5, 5.41) is 0. The maximum Gasteiger partial charge on any atom is 0.218 e. The fraction of sp³-hybridized carbons (Fsp3) is 0.733. The van der Waals surface area contributed by atoms with E-state index in [-0.39, 0.29) is 0 Å². The Kier molecular flexibility index (Phi) is 6.05. The van der Waals surface area contributed by atoms with Gasteiger partial charge in [-0.25, -0.2) is 10.8 Å². The molecule has 0 amide bonds. The van der Waals surface area contributed by atoms with Crippen molar-refractivity contribution in [2.24, 2.45) is 5.84 Å². The average molecular weight is 278 g/mol. The minimum Gasteiger partial charge on any atom is -0.478 e. The highest BCUT2D eigenvalue weighted by molar-refractivity contribution is 5.38. The summed E-state index contributed by atoms with van der Waals surface area (Å²) in [5.41, 5.74) is 2.58. The van der Waals surface area contributed by atoms with Crippen LogP contribution in [-0.4, -0.2) is 16.6 Å². The minimum atomic E-state index is 0.500. The Balaban J connectivity index is 1.73. The molecule has 0 unspecified atom stereocenters. The summed E-state index contributed by atoms with van der Waals surface area (Å²) < 4.78 is 5.73. The van der Waals surface area contributed by atoms with E-state index < -0.39 is 0 Å². The quantitative estimate of drug-likeness (QED) is 0.390. The molecule has 0 radical (unpaired) electrons. The molecule has 0 aliphatic heterocycles. The first-order chi connectivity index (χ1) is 9.83. The number of nitrogen functional groups attached to an aromatic ring is 1. The molecule has 0 saturated heterocycles. The number of hydrogen-bond acceptors (Lipinski definition) is 5. The number of nitrogens with two attached hydrogens (primary N) is 1. The highest BCUT2D eigenvalue weighted by Crippen LogP contribution is 2.39. The van der Waals surface area contributed by atoms with E-state index in [1.807, 2.05) is 0 Å². The predicted molar refractivity (Wildman–Crippen MR) is 80.7 cm³/mol. The van der Waals surface area contributed by atoms with Crippen molar-refractivity contribution in [3.8, 4) is 5.88 Å². The van der Waals surface area contributed by atoms with Crippen molar-refractivity contribution in [2.45, 2.75) is 64.2 Å². The van der Waals surface area contributed by atoms with Gasteiger partial charge >= 0.3 is 0 Å². The first-order valence-electron chi connectivity index (χ1n) is 7.82. The van der Waals surface area contributed by atoms with Gasteiger partial charge in [-0.05, 0) is 19.3 Å². The third-order valence-corrected chi connectivity index (χ3v) is 3.56. The van der Waals surface area contributed by atoms with Crippen molar-refractivity contribution < 1.29 is 4.74 Å². The van der Waals surface area contributed by atoms with Crippen LogP contribution < -0.4 is 16.0 Å². The molecule has 20 heavy (non-hydrogen) atoms. The van der Waals surface area contributed by atoms with Crippen molar-refractivity contribution in [2.75, 3.05) is 12.0 Å². The highest BCUT2D eigenvalue weighted by atomic mass is 16.5. The molecule has 1 saturated carbocycles.